The molecule has 2 saturated heterocycles. The number of benzene rings is 2. The van der Waals surface area contributed by atoms with Crippen molar-refractivity contribution >= 4 is 17.3 Å². The van der Waals surface area contributed by atoms with Gasteiger partial charge in [-0.05, 0) is 105 Å². The van der Waals surface area contributed by atoms with Crippen molar-refractivity contribution < 1.29 is 9.53 Å². The molecule has 0 spiro atoms. The van der Waals surface area contributed by atoms with Crippen LogP contribution >= 0.6 is 0 Å². The van der Waals surface area contributed by atoms with Crippen molar-refractivity contribution in [1.82, 2.24) is 4.90 Å². The number of piperidine rings is 1. The summed E-state index contributed by atoms with van der Waals surface area (Å²) in [5.41, 5.74) is 9.35. The van der Waals surface area contributed by atoms with Gasteiger partial charge in [-0.25, -0.2) is 0 Å². The average molecular weight is 525 g/mol. The van der Waals surface area contributed by atoms with Gasteiger partial charge < -0.3 is 15.0 Å². The molecule has 1 amide bonds. The van der Waals surface area contributed by atoms with E-state index in [1.165, 1.54) is 11.1 Å². The fourth-order valence-electron chi connectivity index (χ4n) is 5.76. The van der Waals surface area contributed by atoms with Gasteiger partial charge >= 0.3 is 0 Å². The van der Waals surface area contributed by atoms with Crippen LogP contribution in [-0.4, -0.2) is 48.5 Å². The molecular weight excluding hydrogens is 484 g/mol. The van der Waals surface area contributed by atoms with Crippen LogP contribution in [-0.2, 0) is 4.74 Å². The van der Waals surface area contributed by atoms with Gasteiger partial charge in [-0.1, -0.05) is 25.1 Å². The molecule has 1 atom stereocenters. The summed E-state index contributed by atoms with van der Waals surface area (Å²) in [4.78, 5) is 20.6. The third-order valence-electron chi connectivity index (χ3n) is 8.30. The van der Waals surface area contributed by atoms with E-state index in [0.717, 1.165) is 72.4 Å². The Labute approximate surface area is 232 Å². The van der Waals surface area contributed by atoms with E-state index in [1.807, 2.05) is 43.0 Å². The highest BCUT2D eigenvalue weighted by molar-refractivity contribution is 6.01. The van der Waals surface area contributed by atoms with Gasteiger partial charge in [-0.2, -0.15) is 5.26 Å². The van der Waals surface area contributed by atoms with Gasteiger partial charge in [0.25, 0.3) is 5.91 Å². The van der Waals surface area contributed by atoms with Crippen LogP contribution in [0.1, 0.15) is 96.5 Å². The summed E-state index contributed by atoms with van der Waals surface area (Å²) in [5, 5.41) is 17.4. The topological polar surface area (TPSA) is 89.5 Å². The van der Waals surface area contributed by atoms with E-state index in [-0.39, 0.29) is 11.8 Å². The lowest BCUT2D eigenvalue weighted by molar-refractivity contribution is 0.0712. The minimum absolute atomic E-state index is 0.0223. The summed E-state index contributed by atoms with van der Waals surface area (Å²) < 4.78 is 5.50. The second-order valence-corrected chi connectivity index (χ2v) is 11.0. The van der Waals surface area contributed by atoms with Crippen molar-refractivity contribution in [3.8, 4) is 6.07 Å². The molecule has 204 valence electrons. The zero-order chi connectivity index (χ0) is 28.1. The van der Waals surface area contributed by atoms with Crippen LogP contribution in [0.25, 0.3) is 0 Å². The van der Waals surface area contributed by atoms with Gasteiger partial charge in [0, 0.05) is 30.3 Å². The summed E-state index contributed by atoms with van der Waals surface area (Å²) in [6.45, 7) is 12.9. The minimum atomic E-state index is 0.0223. The molecule has 2 aliphatic rings. The SMILES string of the molecule is CC(=N)C(N=C(C)C(C)c1cc(C(=O)N2CCC(c3ccc(C#N)cc3)CC2)c(C)cc1C)=C1CCOCC1. The number of rotatable bonds is 6. The molecule has 1 N–H and O–H groups in total. The van der Waals surface area contributed by atoms with Crippen LogP contribution < -0.4 is 0 Å². The first-order chi connectivity index (χ1) is 18.7. The minimum Gasteiger partial charge on any atom is -0.381 e. The average Bonchev–Trinajstić information content (AvgIpc) is 2.95. The smallest absolute Gasteiger partial charge is 0.254 e. The number of nitrogens with one attached hydrogen (secondary N) is 1. The monoisotopic (exact) mass is 524 g/mol. The number of likely N-dealkylation sites (tertiary alicyclic amines) is 1. The highest BCUT2D eigenvalue weighted by Crippen LogP contribution is 2.31. The Bertz CT molecular complexity index is 1330. The molecule has 0 aromatic heterocycles. The van der Waals surface area contributed by atoms with E-state index in [0.29, 0.717) is 30.4 Å². The van der Waals surface area contributed by atoms with E-state index in [2.05, 4.69) is 32.0 Å². The largest absolute Gasteiger partial charge is 0.381 e. The van der Waals surface area contributed by atoms with Crippen LogP contribution in [0.5, 0.6) is 0 Å². The molecule has 2 fully saturated rings. The predicted octanol–water partition coefficient (Wildman–Crippen LogP) is 6.86. The van der Waals surface area contributed by atoms with Crippen molar-refractivity contribution in [2.24, 2.45) is 4.99 Å². The van der Waals surface area contributed by atoms with Crippen LogP contribution in [0.15, 0.2) is 52.7 Å². The molecule has 39 heavy (non-hydrogen) atoms. The van der Waals surface area contributed by atoms with E-state index >= 15 is 0 Å². The Morgan fingerprint density at radius 1 is 1.08 bits per heavy atom. The number of nitriles is 1. The molecule has 2 aromatic carbocycles. The van der Waals surface area contributed by atoms with E-state index < -0.39 is 0 Å². The number of ether oxygens (including phenoxy) is 1. The summed E-state index contributed by atoms with van der Waals surface area (Å²) >= 11 is 0. The van der Waals surface area contributed by atoms with E-state index in [9.17, 15) is 4.79 Å². The summed E-state index contributed by atoms with van der Waals surface area (Å²) in [5.74, 6) is 0.523. The van der Waals surface area contributed by atoms with Crippen molar-refractivity contribution in [2.45, 2.75) is 72.1 Å². The molecule has 0 saturated carbocycles. The molecule has 1 unspecified atom stereocenters. The lowest BCUT2D eigenvalue weighted by Crippen LogP contribution is -2.38. The molecule has 0 radical (unpaired) electrons. The number of carbonyl (C=O) groups is 1. The van der Waals surface area contributed by atoms with E-state index in [1.54, 1.807) is 6.92 Å². The number of aliphatic imine (C=N–C) groups is 1. The first-order valence-electron chi connectivity index (χ1n) is 14.0. The second-order valence-electron chi connectivity index (χ2n) is 11.0. The zero-order valence-corrected chi connectivity index (χ0v) is 23.9. The Morgan fingerprint density at radius 2 is 1.72 bits per heavy atom. The number of hydrogen-bond donors (Lipinski definition) is 1. The summed E-state index contributed by atoms with van der Waals surface area (Å²) in [6.07, 6.45) is 3.48. The number of allylic oxidation sites excluding steroid dienone is 1. The zero-order valence-electron chi connectivity index (χ0n) is 23.9. The Kier molecular flexibility index (Phi) is 9.14. The lowest BCUT2D eigenvalue weighted by atomic mass is 9.87. The van der Waals surface area contributed by atoms with E-state index in [4.69, 9.17) is 20.4 Å². The summed E-state index contributed by atoms with van der Waals surface area (Å²) in [7, 11) is 0. The first-order valence-corrected chi connectivity index (χ1v) is 14.0. The molecule has 2 aliphatic heterocycles. The molecule has 0 aliphatic carbocycles. The number of hydrogen-bond acceptors (Lipinski definition) is 5. The molecular formula is C33H40N4O2. The van der Waals surface area contributed by atoms with Crippen LogP contribution in [0.3, 0.4) is 0 Å². The fraction of sp³-hybridized carbons (Fsp3) is 0.455. The Morgan fingerprint density at radius 3 is 2.31 bits per heavy atom. The maximum absolute atomic E-state index is 13.7. The summed E-state index contributed by atoms with van der Waals surface area (Å²) in [6, 6.07) is 14.2. The van der Waals surface area contributed by atoms with Gasteiger partial charge in [-0.15, -0.1) is 0 Å². The highest BCUT2D eigenvalue weighted by atomic mass is 16.5. The molecule has 6 heteroatoms. The number of amides is 1. The number of aryl methyl sites for hydroxylation is 2. The van der Waals surface area contributed by atoms with Crippen molar-refractivity contribution in [1.29, 1.82) is 10.7 Å². The predicted molar refractivity (Wildman–Crippen MR) is 157 cm³/mol. The Balaban J connectivity index is 1.52. The quantitative estimate of drug-likeness (QED) is 0.418. The second kappa shape index (κ2) is 12.5. The highest BCUT2D eigenvalue weighted by Gasteiger charge is 2.27. The number of nitrogens with zero attached hydrogens (tertiary/aromatic N) is 3. The van der Waals surface area contributed by atoms with Gasteiger partial charge in [0.2, 0.25) is 0 Å². The van der Waals surface area contributed by atoms with Crippen molar-refractivity contribution in [3.63, 3.8) is 0 Å². The molecule has 6 nitrogen and oxygen atoms in total. The standard InChI is InChI=1S/C33H40N4O2/c1-21-18-22(2)31(33(38)37-14-10-28(11-15-37)27-8-6-26(20-34)7-9-27)19-30(21)23(3)25(5)36-32(24(4)35)29-12-16-39-17-13-29/h6-9,18-19,23,28,35H,10-17H2,1-5H3. The first kappa shape index (κ1) is 28.4. The molecule has 2 heterocycles. The fourth-order valence-corrected chi connectivity index (χ4v) is 5.76. The van der Waals surface area contributed by atoms with Crippen LogP contribution in [0.2, 0.25) is 0 Å². The molecule has 4 rings (SSSR count). The maximum Gasteiger partial charge on any atom is 0.254 e. The third-order valence-corrected chi connectivity index (χ3v) is 8.30. The lowest BCUT2D eigenvalue weighted by Gasteiger charge is -2.33. The number of carbonyl (C=O) groups excluding carboxylic acids is 1. The molecule has 0 bridgehead atoms. The maximum atomic E-state index is 13.7. The van der Waals surface area contributed by atoms with Crippen molar-refractivity contribution in [3.05, 3.63) is 81.0 Å². The van der Waals surface area contributed by atoms with Gasteiger partial charge in [-0.3, -0.25) is 9.79 Å². The normalized spacial score (nSPS) is 17.5. The van der Waals surface area contributed by atoms with Gasteiger partial charge in [0.05, 0.1) is 36.3 Å². The van der Waals surface area contributed by atoms with Gasteiger partial charge in [0.15, 0.2) is 0 Å². The third kappa shape index (κ3) is 6.54. The van der Waals surface area contributed by atoms with Crippen molar-refractivity contribution in [2.75, 3.05) is 26.3 Å². The van der Waals surface area contributed by atoms with Gasteiger partial charge in [0.1, 0.15) is 0 Å². The Hall–Kier alpha value is -3.56. The van der Waals surface area contributed by atoms with Crippen LogP contribution in [0, 0.1) is 30.6 Å². The molecule has 2 aromatic rings. The van der Waals surface area contributed by atoms with Crippen LogP contribution in [0.4, 0.5) is 0 Å².